The molecule has 0 atom stereocenters. The Morgan fingerprint density at radius 1 is 1.40 bits per heavy atom. The van der Waals surface area contributed by atoms with E-state index in [0.717, 1.165) is 35.9 Å². The highest BCUT2D eigenvalue weighted by molar-refractivity contribution is 5.96. The zero-order chi connectivity index (χ0) is 14.5. The Morgan fingerprint density at radius 3 is 2.95 bits per heavy atom. The van der Waals surface area contributed by atoms with Crippen molar-refractivity contribution < 1.29 is 14.3 Å². The van der Waals surface area contributed by atoms with Gasteiger partial charge in [0.25, 0.3) is 5.91 Å². The fourth-order valence-electron chi connectivity index (χ4n) is 1.90. The molecule has 0 saturated carbocycles. The summed E-state index contributed by atoms with van der Waals surface area (Å²) in [5.74, 6) is -1.35. The Balaban J connectivity index is 2.11. The van der Waals surface area contributed by atoms with Crippen molar-refractivity contribution in [2.24, 2.45) is 0 Å². The lowest BCUT2D eigenvalue weighted by Crippen LogP contribution is -2.24. The van der Waals surface area contributed by atoms with Crippen LogP contribution in [0.1, 0.15) is 28.5 Å². The van der Waals surface area contributed by atoms with Gasteiger partial charge in [0.2, 0.25) is 0 Å². The molecule has 0 aliphatic heterocycles. The zero-order valence-electron chi connectivity index (χ0n) is 11.1. The highest BCUT2D eigenvalue weighted by Crippen LogP contribution is 2.17. The van der Waals surface area contributed by atoms with Crippen LogP contribution in [0.2, 0.25) is 0 Å². The van der Waals surface area contributed by atoms with Crippen LogP contribution in [0.25, 0.3) is 0 Å². The largest absolute Gasteiger partial charge is 0.507 e. The third-order valence-electron chi connectivity index (χ3n) is 2.99. The molecule has 1 amide bonds. The van der Waals surface area contributed by atoms with E-state index >= 15 is 0 Å². The fourth-order valence-corrected chi connectivity index (χ4v) is 1.90. The molecule has 0 radical (unpaired) electrons. The lowest BCUT2D eigenvalue weighted by atomic mass is 10.1. The quantitative estimate of drug-likeness (QED) is 0.900. The number of carbonyl (C=O) groups excluding carboxylic acids is 1. The van der Waals surface area contributed by atoms with Crippen LogP contribution in [-0.2, 0) is 13.0 Å². The summed E-state index contributed by atoms with van der Waals surface area (Å²) in [6.07, 6.45) is 2.46. The van der Waals surface area contributed by atoms with Crippen LogP contribution in [-0.4, -0.2) is 16.0 Å². The summed E-state index contributed by atoms with van der Waals surface area (Å²) in [5, 5.41) is 12.2. The minimum Gasteiger partial charge on any atom is -0.507 e. The van der Waals surface area contributed by atoms with Crippen molar-refractivity contribution in [2.45, 2.75) is 19.9 Å². The van der Waals surface area contributed by atoms with Gasteiger partial charge >= 0.3 is 0 Å². The smallest absolute Gasteiger partial charge is 0.255 e. The van der Waals surface area contributed by atoms with Gasteiger partial charge in [0, 0.05) is 6.20 Å². The van der Waals surface area contributed by atoms with E-state index in [2.05, 4.69) is 10.3 Å². The van der Waals surface area contributed by atoms with Gasteiger partial charge in [0.15, 0.2) is 0 Å². The van der Waals surface area contributed by atoms with Gasteiger partial charge in [-0.25, -0.2) is 4.39 Å². The number of phenolic OH excluding ortho intramolecular Hbond substituents is 1. The van der Waals surface area contributed by atoms with Gasteiger partial charge in [-0.15, -0.1) is 0 Å². The molecule has 0 bridgehead atoms. The van der Waals surface area contributed by atoms with Crippen molar-refractivity contribution >= 4 is 5.91 Å². The van der Waals surface area contributed by atoms with E-state index in [-0.39, 0.29) is 17.9 Å². The first kappa shape index (κ1) is 14.0. The number of aromatic nitrogens is 1. The van der Waals surface area contributed by atoms with E-state index < -0.39 is 11.7 Å². The van der Waals surface area contributed by atoms with Crippen molar-refractivity contribution in [3.8, 4) is 5.75 Å². The second-order valence-electron chi connectivity index (χ2n) is 4.31. The Kier molecular flexibility index (Phi) is 4.30. The van der Waals surface area contributed by atoms with E-state index in [1.54, 1.807) is 6.20 Å². The SMILES string of the molecule is CCc1cccnc1CNC(=O)c1cc(F)ccc1O. The summed E-state index contributed by atoms with van der Waals surface area (Å²) in [4.78, 5) is 16.1. The molecule has 1 aromatic heterocycles. The van der Waals surface area contributed by atoms with E-state index in [9.17, 15) is 14.3 Å². The second kappa shape index (κ2) is 6.14. The minimum absolute atomic E-state index is 0.0843. The van der Waals surface area contributed by atoms with E-state index in [1.165, 1.54) is 0 Å². The summed E-state index contributed by atoms with van der Waals surface area (Å²) < 4.78 is 13.1. The lowest BCUT2D eigenvalue weighted by molar-refractivity contribution is 0.0947. The number of benzene rings is 1. The van der Waals surface area contributed by atoms with Crippen molar-refractivity contribution in [3.05, 3.63) is 59.2 Å². The zero-order valence-corrected chi connectivity index (χ0v) is 11.1. The number of rotatable bonds is 4. The van der Waals surface area contributed by atoms with Gasteiger partial charge in [0.1, 0.15) is 11.6 Å². The third kappa shape index (κ3) is 3.12. The molecule has 4 nitrogen and oxygen atoms in total. The predicted molar refractivity (Wildman–Crippen MR) is 72.9 cm³/mol. The number of amides is 1. The highest BCUT2D eigenvalue weighted by atomic mass is 19.1. The average Bonchev–Trinajstić information content (AvgIpc) is 2.47. The van der Waals surface area contributed by atoms with Gasteiger partial charge < -0.3 is 10.4 Å². The summed E-state index contributed by atoms with van der Waals surface area (Å²) in [6, 6.07) is 7.03. The van der Waals surface area contributed by atoms with Crippen LogP contribution in [0.5, 0.6) is 5.75 Å². The Labute approximate surface area is 116 Å². The summed E-state index contributed by atoms with van der Waals surface area (Å²) >= 11 is 0. The van der Waals surface area contributed by atoms with Crippen molar-refractivity contribution in [3.63, 3.8) is 0 Å². The molecule has 20 heavy (non-hydrogen) atoms. The fraction of sp³-hybridized carbons (Fsp3) is 0.200. The first-order chi connectivity index (χ1) is 9.61. The number of pyridine rings is 1. The molecule has 1 heterocycles. The van der Waals surface area contributed by atoms with Gasteiger partial charge in [-0.1, -0.05) is 13.0 Å². The maximum atomic E-state index is 13.1. The molecular formula is C15H15FN2O2. The number of phenols is 1. The standard InChI is InChI=1S/C15H15FN2O2/c1-2-10-4-3-7-17-13(10)9-18-15(20)12-8-11(16)5-6-14(12)19/h3-8,19H,2,9H2,1H3,(H,18,20). The van der Waals surface area contributed by atoms with Gasteiger partial charge in [-0.2, -0.15) is 0 Å². The maximum absolute atomic E-state index is 13.1. The molecule has 0 fully saturated rings. The normalized spacial score (nSPS) is 10.3. The van der Waals surface area contributed by atoms with Crippen molar-refractivity contribution in [2.75, 3.05) is 0 Å². The van der Waals surface area contributed by atoms with Crippen molar-refractivity contribution in [1.82, 2.24) is 10.3 Å². The van der Waals surface area contributed by atoms with Gasteiger partial charge in [0.05, 0.1) is 17.8 Å². The highest BCUT2D eigenvalue weighted by Gasteiger charge is 2.12. The van der Waals surface area contributed by atoms with E-state index in [4.69, 9.17) is 0 Å². The average molecular weight is 274 g/mol. The molecule has 0 aliphatic rings. The van der Waals surface area contributed by atoms with Crippen LogP contribution in [0.4, 0.5) is 4.39 Å². The molecule has 0 saturated heterocycles. The molecule has 2 rings (SSSR count). The van der Waals surface area contributed by atoms with Crippen LogP contribution < -0.4 is 5.32 Å². The number of nitrogens with one attached hydrogen (secondary N) is 1. The van der Waals surface area contributed by atoms with Gasteiger partial charge in [-0.05, 0) is 36.2 Å². The number of halogens is 1. The number of aromatic hydroxyl groups is 1. The Hall–Kier alpha value is -2.43. The molecule has 5 heteroatoms. The Bertz CT molecular complexity index is 629. The van der Waals surface area contributed by atoms with E-state index in [1.807, 2.05) is 19.1 Å². The predicted octanol–water partition coefficient (Wildman–Crippen LogP) is 2.42. The summed E-state index contributed by atoms with van der Waals surface area (Å²) in [6.45, 7) is 2.24. The maximum Gasteiger partial charge on any atom is 0.255 e. The monoisotopic (exact) mass is 274 g/mol. The van der Waals surface area contributed by atoms with Crippen LogP contribution in [0.15, 0.2) is 36.5 Å². The number of hydrogen-bond acceptors (Lipinski definition) is 3. The molecule has 0 spiro atoms. The minimum atomic E-state index is -0.569. The second-order valence-corrected chi connectivity index (χ2v) is 4.31. The molecule has 1 aromatic carbocycles. The topological polar surface area (TPSA) is 62.2 Å². The summed E-state index contributed by atoms with van der Waals surface area (Å²) in [7, 11) is 0. The van der Waals surface area contributed by atoms with E-state index in [0.29, 0.717) is 0 Å². The number of carbonyl (C=O) groups is 1. The third-order valence-corrected chi connectivity index (χ3v) is 2.99. The van der Waals surface area contributed by atoms with Crippen LogP contribution in [0, 0.1) is 5.82 Å². The molecule has 104 valence electrons. The first-order valence-electron chi connectivity index (χ1n) is 6.31. The van der Waals surface area contributed by atoms with Crippen LogP contribution in [0.3, 0.4) is 0 Å². The summed E-state index contributed by atoms with van der Waals surface area (Å²) in [5.41, 5.74) is 1.72. The molecular weight excluding hydrogens is 259 g/mol. The Morgan fingerprint density at radius 2 is 2.20 bits per heavy atom. The molecule has 2 N–H and O–H groups in total. The lowest BCUT2D eigenvalue weighted by Gasteiger charge is -2.09. The molecule has 0 aliphatic carbocycles. The molecule has 0 unspecified atom stereocenters. The number of aryl methyl sites for hydroxylation is 1. The molecule has 2 aromatic rings. The van der Waals surface area contributed by atoms with Crippen molar-refractivity contribution in [1.29, 1.82) is 0 Å². The number of hydrogen-bond donors (Lipinski definition) is 2. The van der Waals surface area contributed by atoms with Crippen LogP contribution >= 0.6 is 0 Å². The number of nitrogens with zero attached hydrogens (tertiary/aromatic N) is 1. The van der Waals surface area contributed by atoms with Gasteiger partial charge in [-0.3, -0.25) is 9.78 Å². The first-order valence-corrected chi connectivity index (χ1v) is 6.31.